The van der Waals surface area contributed by atoms with Crippen LogP contribution in [0.3, 0.4) is 0 Å². The lowest BCUT2D eigenvalue weighted by Crippen LogP contribution is -2.25. The van der Waals surface area contributed by atoms with E-state index >= 15 is 0 Å². The Bertz CT molecular complexity index is 635. The van der Waals surface area contributed by atoms with Crippen molar-refractivity contribution in [3.63, 3.8) is 0 Å². The molecule has 2 aromatic rings. The van der Waals surface area contributed by atoms with Gasteiger partial charge in [-0.25, -0.2) is 9.97 Å². The van der Waals surface area contributed by atoms with E-state index in [1.807, 2.05) is 32.3 Å². The van der Waals surface area contributed by atoms with Crippen molar-refractivity contribution >= 4 is 0 Å². The fraction of sp³-hybridized carbons (Fsp3) is 0.562. The van der Waals surface area contributed by atoms with E-state index in [2.05, 4.69) is 22.0 Å². The van der Waals surface area contributed by atoms with Crippen LogP contribution in [0.1, 0.15) is 42.7 Å². The molecule has 6 nitrogen and oxygen atoms in total. The highest BCUT2D eigenvalue weighted by Crippen LogP contribution is 2.33. The molecule has 3 heterocycles. The summed E-state index contributed by atoms with van der Waals surface area (Å²) < 4.78 is 10.9. The van der Waals surface area contributed by atoms with E-state index in [0.29, 0.717) is 0 Å². The first-order chi connectivity index (χ1) is 10.5. The maximum atomic E-state index is 5.82. The number of aromatic nitrogens is 3. The molecule has 0 amide bonds. The number of hydrogen-bond acceptors (Lipinski definition) is 6. The van der Waals surface area contributed by atoms with Crippen LogP contribution >= 0.6 is 0 Å². The monoisotopic (exact) mass is 302 g/mol. The van der Waals surface area contributed by atoms with E-state index in [0.717, 1.165) is 55.5 Å². The van der Waals surface area contributed by atoms with Gasteiger partial charge in [-0.3, -0.25) is 4.90 Å². The Morgan fingerprint density at radius 3 is 2.82 bits per heavy atom. The van der Waals surface area contributed by atoms with Crippen LogP contribution in [-0.4, -0.2) is 33.7 Å². The minimum absolute atomic E-state index is 0.336. The second-order valence-corrected chi connectivity index (χ2v) is 6.16. The number of hydrogen-bond donors (Lipinski definition) is 0. The summed E-state index contributed by atoms with van der Waals surface area (Å²) in [5, 5.41) is 4.02. The topological polar surface area (TPSA) is 64.3 Å². The van der Waals surface area contributed by atoms with Crippen molar-refractivity contribution in [3.8, 4) is 0 Å². The first-order valence-electron chi connectivity index (χ1n) is 7.62. The molecule has 0 spiro atoms. The minimum atomic E-state index is -0.336. The third-order valence-corrected chi connectivity index (χ3v) is 3.95. The van der Waals surface area contributed by atoms with E-state index in [9.17, 15) is 0 Å². The number of ether oxygens (including phenoxy) is 1. The molecule has 0 aromatic carbocycles. The van der Waals surface area contributed by atoms with Crippen molar-refractivity contribution in [2.45, 2.75) is 45.4 Å². The molecule has 22 heavy (non-hydrogen) atoms. The van der Waals surface area contributed by atoms with Gasteiger partial charge in [0.15, 0.2) is 5.82 Å². The average molecular weight is 302 g/mol. The Balaban J connectivity index is 1.67. The van der Waals surface area contributed by atoms with Gasteiger partial charge in [0, 0.05) is 32.0 Å². The highest BCUT2D eigenvalue weighted by Gasteiger charge is 2.34. The molecular formula is C16H22N4O2. The highest BCUT2D eigenvalue weighted by atomic mass is 16.5. The summed E-state index contributed by atoms with van der Waals surface area (Å²) >= 11 is 0. The van der Waals surface area contributed by atoms with Gasteiger partial charge in [0.1, 0.15) is 11.4 Å². The van der Waals surface area contributed by atoms with Crippen LogP contribution in [0, 0.1) is 6.92 Å². The summed E-state index contributed by atoms with van der Waals surface area (Å²) in [6.45, 7) is 6.22. The van der Waals surface area contributed by atoms with Crippen LogP contribution < -0.4 is 0 Å². The predicted octanol–water partition coefficient (Wildman–Crippen LogP) is 2.43. The maximum Gasteiger partial charge on any atom is 0.160 e. The fourth-order valence-electron chi connectivity index (χ4n) is 2.80. The molecule has 0 bridgehead atoms. The Labute approximate surface area is 130 Å². The molecule has 1 saturated heterocycles. The SMILES string of the molecule is Cc1cc(CN(C)Cc2ccnc(C3(C)CCCO3)n2)no1. The van der Waals surface area contributed by atoms with Crippen LogP contribution in [0.4, 0.5) is 0 Å². The molecule has 0 saturated carbocycles. The summed E-state index contributed by atoms with van der Waals surface area (Å²) in [5.41, 5.74) is 1.59. The zero-order valence-electron chi connectivity index (χ0n) is 13.4. The van der Waals surface area contributed by atoms with Crippen molar-refractivity contribution in [2.75, 3.05) is 13.7 Å². The van der Waals surface area contributed by atoms with Gasteiger partial charge < -0.3 is 9.26 Å². The summed E-state index contributed by atoms with van der Waals surface area (Å²) in [6, 6.07) is 3.90. The van der Waals surface area contributed by atoms with Crippen LogP contribution in [-0.2, 0) is 23.4 Å². The summed E-state index contributed by atoms with van der Waals surface area (Å²) in [4.78, 5) is 11.3. The highest BCUT2D eigenvalue weighted by molar-refractivity contribution is 5.09. The van der Waals surface area contributed by atoms with Gasteiger partial charge in [-0.05, 0) is 39.8 Å². The summed E-state index contributed by atoms with van der Waals surface area (Å²) in [5.74, 6) is 1.62. The lowest BCUT2D eigenvalue weighted by Gasteiger charge is -2.22. The Hall–Kier alpha value is -1.79. The van der Waals surface area contributed by atoms with Gasteiger partial charge in [-0.1, -0.05) is 5.16 Å². The molecule has 0 aliphatic carbocycles. The Morgan fingerprint density at radius 2 is 2.14 bits per heavy atom. The van der Waals surface area contributed by atoms with Crippen LogP contribution in [0.2, 0.25) is 0 Å². The van der Waals surface area contributed by atoms with Gasteiger partial charge in [0.2, 0.25) is 0 Å². The molecule has 1 aliphatic rings. The van der Waals surface area contributed by atoms with Crippen LogP contribution in [0.5, 0.6) is 0 Å². The first-order valence-corrected chi connectivity index (χ1v) is 7.62. The van der Waals surface area contributed by atoms with Crippen LogP contribution in [0.15, 0.2) is 22.9 Å². The third kappa shape index (κ3) is 3.34. The lowest BCUT2D eigenvalue weighted by molar-refractivity contribution is 0.00903. The summed E-state index contributed by atoms with van der Waals surface area (Å²) in [7, 11) is 2.04. The van der Waals surface area contributed by atoms with Gasteiger partial charge in [-0.15, -0.1) is 0 Å². The fourth-order valence-corrected chi connectivity index (χ4v) is 2.80. The standard InChI is InChI=1S/C16H22N4O2/c1-12-9-14(19-22-12)11-20(3)10-13-5-7-17-15(18-13)16(2)6-4-8-21-16/h5,7,9H,4,6,8,10-11H2,1-3H3. The van der Waals surface area contributed by atoms with Crippen molar-refractivity contribution < 1.29 is 9.26 Å². The van der Waals surface area contributed by atoms with Gasteiger partial charge in [0.05, 0.1) is 11.4 Å². The number of nitrogens with zero attached hydrogens (tertiary/aromatic N) is 4. The van der Waals surface area contributed by atoms with Crippen molar-refractivity contribution in [1.29, 1.82) is 0 Å². The zero-order valence-corrected chi connectivity index (χ0v) is 13.4. The van der Waals surface area contributed by atoms with E-state index in [4.69, 9.17) is 14.2 Å². The smallest absolute Gasteiger partial charge is 0.160 e. The minimum Gasteiger partial charge on any atom is -0.367 e. The number of aryl methyl sites for hydroxylation is 1. The van der Waals surface area contributed by atoms with E-state index < -0.39 is 0 Å². The van der Waals surface area contributed by atoms with E-state index in [-0.39, 0.29) is 5.60 Å². The quantitative estimate of drug-likeness (QED) is 0.845. The molecule has 2 aromatic heterocycles. The van der Waals surface area contributed by atoms with Crippen molar-refractivity contribution in [3.05, 3.63) is 41.3 Å². The molecule has 0 radical (unpaired) electrons. The Morgan fingerprint density at radius 1 is 1.32 bits per heavy atom. The Kier molecular flexibility index (Phi) is 4.22. The second kappa shape index (κ2) is 6.14. The molecule has 118 valence electrons. The van der Waals surface area contributed by atoms with Crippen LogP contribution in [0.25, 0.3) is 0 Å². The van der Waals surface area contributed by atoms with Gasteiger partial charge >= 0.3 is 0 Å². The molecule has 1 aliphatic heterocycles. The number of rotatable bonds is 5. The normalized spacial score (nSPS) is 21.6. The predicted molar refractivity (Wildman–Crippen MR) is 81.0 cm³/mol. The molecule has 0 N–H and O–H groups in total. The van der Waals surface area contributed by atoms with Crippen molar-refractivity contribution in [2.24, 2.45) is 0 Å². The largest absolute Gasteiger partial charge is 0.367 e. The summed E-state index contributed by atoms with van der Waals surface area (Å²) in [6.07, 6.45) is 3.86. The first kappa shape index (κ1) is 15.1. The van der Waals surface area contributed by atoms with Crippen molar-refractivity contribution in [1.82, 2.24) is 20.0 Å². The molecular weight excluding hydrogens is 280 g/mol. The molecule has 3 rings (SSSR count). The third-order valence-electron chi connectivity index (χ3n) is 3.95. The molecule has 1 fully saturated rings. The average Bonchev–Trinajstić information content (AvgIpc) is 3.09. The molecule has 1 unspecified atom stereocenters. The maximum absolute atomic E-state index is 5.82. The lowest BCUT2D eigenvalue weighted by atomic mass is 10.0. The molecule has 1 atom stereocenters. The second-order valence-electron chi connectivity index (χ2n) is 6.16. The van der Waals surface area contributed by atoms with Gasteiger partial charge in [0.25, 0.3) is 0 Å². The van der Waals surface area contributed by atoms with E-state index in [1.54, 1.807) is 0 Å². The zero-order chi connectivity index (χ0) is 15.6. The van der Waals surface area contributed by atoms with E-state index in [1.165, 1.54) is 0 Å². The van der Waals surface area contributed by atoms with Gasteiger partial charge in [-0.2, -0.15) is 0 Å². The molecule has 6 heteroatoms.